The second-order valence-electron chi connectivity index (χ2n) is 7.95. The lowest BCUT2D eigenvalue weighted by molar-refractivity contribution is -0.126. The van der Waals surface area contributed by atoms with Crippen LogP contribution in [0.2, 0.25) is 0 Å². The number of piperidine rings is 1. The van der Waals surface area contributed by atoms with Crippen LogP contribution < -0.4 is 5.32 Å². The fourth-order valence-electron chi connectivity index (χ4n) is 3.83. The maximum atomic E-state index is 12.9. The molecule has 0 radical (unpaired) electrons. The number of carbonyl (C=O) groups excluding carboxylic acids is 2. The highest BCUT2D eigenvalue weighted by Crippen LogP contribution is 2.24. The number of esters is 1. The van der Waals surface area contributed by atoms with Gasteiger partial charge in [0.25, 0.3) is 0 Å². The van der Waals surface area contributed by atoms with Crippen LogP contribution in [0.25, 0.3) is 0 Å². The third kappa shape index (κ3) is 5.95. The van der Waals surface area contributed by atoms with Crippen molar-refractivity contribution in [1.82, 2.24) is 9.62 Å². The van der Waals surface area contributed by atoms with E-state index in [9.17, 15) is 18.0 Å². The summed E-state index contributed by atoms with van der Waals surface area (Å²) < 4.78 is 32.2. The molecule has 2 aromatic carbocycles. The zero-order valence-corrected chi connectivity index (χ0v) is 19.4. The summed E-state index contributed by atoms with van der Waals surface area (Å²) in [5.74, 6) is -0.690. The lowest BCUT2D eigenvalue weighted by atomic mass is 9.97. The number of aryl methyl sites for hydroxylation is 1. The molecular formula is C24H30N2O5S. The Hall–Kier alpha value is -2.71. The van der Waals surface area contributed by atoms with E-state index in [4.69, 9.17) is 4.74 Å². The first-order valence-electron chi connectivity index (χ1n) is 10.9. The van der Waals surface area contributed by atoms with Gasteiger partial charge in [0.05, 0.1) is 17.1 Å². The standard InChI is InChI=1S/C24H30N2O5S/c1-3-31-24(28)21-7-9-22(10-8-21)32(29,30)26-15-12-20(13-16-26)23(27)25-14-11-19-6-4-5-18(2)17-19/h4-10,17,20H,3,11-16H2,1-2H3,(H,25,27). The Morgan fingerprint density at radius 1 is 1.09 bits per heavy atom. The molecule has 0 saturated carbocycles. The molecule has 0 bridgehead atoms. The van der Waals surface area contributed by atoms with E-state index in [0.717, 1.165) is 6.42 Å². The predicted molar refractivity (Wildman–Crippen MR) is 122 cm³/mol. The van der Waals surface area contributed by atoms with Crippen molar-refractivity contribution in [2.45, 2.75) is 38.0 Å². The topological polar surface area (TPSA) is 92.8 Å². The number of ether oxygens (including phenoxy) is 1. The molecule has 0 atom stereocenters. The molecule has 1 heterocycles. The zero-order valence-electron chi connectivity index (χ0n) is 18.5. The number of amides is 1. The predicted octanol–water partition coefficient (Wildman–Crippen LogP) is 2.93. The van der Waals surface area contributed by atoms with Crippen molar-refractivity contribution in [2.24, 2.45) is 5.92 Å². The SMILES string of the molecule is CCOC(=O)c1ccc(S(=O)(=O)N2CCC(C(=O)NCCc3cccc(C)c3)CC2)cc1. The van der Waals surface area contributed by atoms with E-state index >= 15 is 0 Å². The maximum absolute atomic E-state index is 12.9. The van der Waals surface area contributed by atoms with E-state index in [1.165, 1.54) is 39.7 Å². The lowest BCUT2D eigenvalue weighted by Gasteiger charge is -2.30. The van der Waals surface area contributed by atoms with Gasteiger partial charge in [0.1, 0.15) is 0 Å². The van der Waals surface area contributed by atoms with Crippen molar-refractivity contribution in [2.75, 3.05) is 26.2 Å². The fraction of sp³-hybridized carbons (Fsp3) is 0.417. The van der Waals surface area contributed by atoms with Crippen molar-refractivity contribution < 1.29 is 22.7 Å². The lowest BCUT2D eigenvalue weighted by Crippen LogP contribution is -2.43. The summed E-state index contributed by atoms with van der Waals surface area (Å²) in [5.41, 5.74) is 2.69. The van der Waals surface area contributed by atoms with Crippen LogP contribution in [0.5, 0.6) is 0 Å². The minimum absolute atomic E-state index is 0.0199. The van der Waals surface area contributed by atoms with Gasteiger partial charge in [0.2, 0.25) is 15.9 Å². The number of nitrogens with zero attached hydrogens (tertiary/aromatic N) is 1. The third-order valence-corrected chi connectivity index (χ3v) is 7.54. The van der Waals surface area contributed by atoms with E-state index in [1.54, 1.807) is 6.92 Å². The molecular weight excluding hydrogens is 428 g/mol. The summed E-state index contributed by atoms with van der Waals surface area (Å²) >= 11 is 0. The van der Waals surface area contributed by atoms with Gasteiger partial charge in [0.15, 0.2) is 0 Å². The maximum Gasteiger partial charge on any atom is 0.338 e. The Balaban J connectivity index is 1.50. The van der Waals surface area contributed by atoms with Gasteiger partial charge in [-0.2, -0.15) is 4.31 Å². The second-order valence-corrected chi connectivity index (χ2v) is 9.89. The zero-order chi connectivity index (χ0) is 23.1. The van der Waals surface area contributed by atoms with Crippen LogP contribution in [-0.2, 0) is 26.0 Å². The van der Waals surface area contributed by atoms with Gasteiger partial charge >= 0.3 is 5.97 Å². The Morgan fingerprint density at radius 3 is 2.41 bits per heavy atom. The Labute approximate surface area is 189 Å². The largest absolute Gasteiger partial charge is 0.462 e. The number of carbonyl (C=O) groups is 2. The number of sulfonamides is 1. The van der Waals surface area contributed by atoms with Gasteiger partial charge in [-0.1, -0.05) is 29.8 Å². The molecule has 1 aliphatic heterocycles. The second kappa shape index (κ2) is 10.7. The molecule has 1 N–H and O–H groups in total. The first-order valence-corrected chi connectivity index (χ1v) is 12.4. The average Bonchev–Trinajstić information content (AvgIpc) is 2.79. The van der Waals surface area contributed by atoms with E-state index in [0.29, 0.717) is 24.9 Å². The van der Waals surface area contributed by atoms with Crippen molar-refractivity contribution in [1.29, 1.82) is 0 Å². The van der Waals surface area contributed by atoms with Gasteiger partial charge in [-0.15, -0.1) is 0 Å². The van der Waals surface area contributed by atoms with Crippen molar-refractivity contribution in [3.8, 4) is 0 Å². The number of hydrogen-bond donors (Lipinski definition) is 1. The summed E-state index contributed by atoms with van der Waals surface area (Å²) in [4.78, 5) is 24.4. The molecule has 1 aliphatic rings. The van der Waals surface area contributed by atoms with Crippen LogP contribution in [0.4, 0.5) is 0 Å². The summed E-state index contributed by atoms with van der Waals surface area (Å²) in [6.07, 6.45) is 1.73. The highest BCUT2D eigenvalue weighted by atomic mass is 32.2. The van der Waals surface area contributed by atoms with Gasteiger partial charge < -0.3 is 10.1 Å². The highest BCUT2D eigenvalue weighted by Gasteiger charge is 2.32. The van der Waals surface area contributed by atoms with Crippen LogP contribution in [0, 0.1) is 12.8 Å². The summed E-state index contributed by atoms with van der Waals surface area (Å²) in [7, 11) is -3.67. The number of hydrogen-bond acceptors (Lipinski definition) is 5. The molecule has 8 heteroatoms. The summed E-state index contributed by atoms with van der Waals surface area (Å²) in [6.45, 7) is 5.15. The first-order chi connectivity index (χ1) is 15.3. The van der Waals surface area contributed by atoms with Crippen molar-refractivity contribution in [3.63, 3.8) is 0 Å². The van der Waals surface area contributed by atoms with Crippen molar-refractivity contribution >= 4 is 21.9 Å². The summed E-state index contributed by atoms with van der Waals surface area (Å²) in [5, 5.41) is 2.98. The Morgan fingerprint density at radius 2 is 1.78 bits per heavy atom. The Kier molecular flexibility index (Phi) is 8.04. The van der Waals surface area contributed by atoms with E-state index in [1.807, 2.05) is 25.1 Å². The first kappa shape index (κ1) is 23.9. The molecule has 1 fully saturated rings. The molecule has 0 unspecified atom stereocenters. The smallest absolute Gasteiger partial charge is 0.338 e. The fourth-order valence-corrected chi connectivity index (χ4v) is 5.30. The molecule has 0 aromatic heterocycles. The van der Waals surface area contributed by atoms with E-state index in [-0.39, 0.29) is 36.4 Å². The Bertz CT molecular complexity index is 1040. The number of benzene rings is 2. The minimum Gasteiger partial charge on any atom is -0.462 e. The van der Waals surface area contributed by atoms with Crippen LogP contribution in [-0.4, -0.2) is 50.8 Å². The van der Waals surface area contributed by atoms with Crippen LogP contribution in [0.3, 0.4) is 0 Å². The monoisotopic (exact) mass is 458 g/mol. The molecule has 1 saturated heterocycles. The highest BCUT2D eigenvalue weighted by molar-refractivity contribution is 7.89. The van der Waals surface area contributed by atoms with Crippen molar-refractivity contribution in [3.05, 3.63) is 65.2 Å². The molecule has 2 aromatic rings. The minimum atomic E-state index is -3.67. The average molecular weight is 459 g/mol. The third-order valence-electron chi connectivity index (χ3n) is 5.62. The van der Waals surface area contributed by atoms with Crippen LogP contribution in [0.1, 0.15) is 41.3 Å². The van der Waals surface area contributed by atoms with Gasteiger partial charge in [-0.05, 0) is 62.9 Å². The van der Waals surface area contributed by atoms with Gasteiger partial charge in [0, 0.05) is 25.6 Å². The van der Waals surface area contributed by atoms with Gasteiger partial charge in [-0.3, -0.25) is 4.79 Å². The van der Waals surface area contributed by atoms with Crippen LogP contribution in [0.15, 0.2) is 53.4 Å². The molecule has 32 heavy (non-hydrogen) atoms. The molecule has 0 spiro atoms. The number of nitrogens with one attached hydrogen (secondary N) is 1. The normalized spacial score (nSPS) is 15.3. The van der Waals surface area contributed by atoms with E-state index in [2.05, 4.69) is 11.4 Å². The molecule has 0 aliphatic carbocycles. The van der Waals surface area contributed by atoms with Gasteiger partial charge in [-0.25, -0.2) is 13.2 Å². The quantitative estimate of drug-likeness (QED) is 0.614. The van der Waals surface area contributed by atoms with E-state index < -0.39 is 16.0 Å². The molecule has 7 nitrogen and oxygen atoms in total. The molecule has 172 valence electrons. The molecule has 3 rings (SSSR count). The van der Waals surface area contributed by atoms with Crippen LogP contribution >= 0.6 is 0 Å². The number of rotatable bonds is 8. The molecule has 1 amide bonds. The summed E-state index contributed by atoms with van der Waals surface area (Å²) in [6, 6.07) is 14.0.